The lowest BCUT2D eigenvalue weighted by molar-refractivity contribution is 0.0859. The fourth-order valence-electron chi connectivity index (χ4n) is 1.96. The Kier molecular flexibility index (Phi) is 4.74. The average Bonchev–Trinajstić information content (AvgIpc) is 2.55. The number of ether oxygens (including phenoxy) is 1. The standard InChI is InChI=1S/C11H23NO/c1-9(2)7-13-8-11(12)10-5-3-4-6-10/h9-11H,3-8,12H2,1-2H3. The van der Waals surface area contributed by atoms with Gasteiger partial charge in [-0.2, -0.15) is 0 Å². The Bertz CT molecular complexity index is 130. The van der Waals surface area contributed by atoms with Crippen LogP contribution in [0.3, 0.4) is 0 Å². The monoisotopic (exact) mass is 185 g/mol. The molecule has 1 rings (SSSR count). The smallest absolute Gasteiger partial charge is 0.0620 e. The first kappa shape index (κ1) is 11.0. The molecule has 0 aromatic heterocycles. The van der Waals surface area contributed by atoms with Crippen LogP contribution in [0.1, 0.15) is 39.5 Å². The third kappa shape index (κ3) is 4.10. The van der Waals surface area contributed by atoms with Gasteiger partial charge in [0.2, 0.25) is 0 Å². The van der Waals surface area contributed by atoms with Gasteiger partial charge >= 0.3 is 0 Å². The SMILES string of the molecule is CC(C)COCC(N)C1CCCC1. The van der Waals surface area contributed by atoms with Crippen molar-refractivity contribution in [1.29, 1.82) is 0 Å². The maximum Gasteiger partial charge on any atom is 0.0620 e. The molecule has 2 N–H and O–H groups in total. The molecule has 0 saturated heterocycles. The van der Waals surface area contributed by atoms with Crippen LogP contribution in [0, 0.1) is 11.8 Å². The van der Waals surface area contributed by atoms with Crippen molar-refractivity contribution in [2.75, 3.05) is 13.2 Å². The summed E-state index contributed by atoms with van der Waals surface area (Å²) in [6.07, 6.45) is 5.35. The van der Waals surface area contributed by atoms with Crippen molar-refractivity contribution < 1.29 is 4.74 Å². The van der Waals surface area contributed by atoms with Crippen molar-refractivity contribution in [2.24, 2.45) is 17.6 Å². The minimum Gasteiger partial charge on any atom is -0.380 e. The summed E-state index contributed by atoms with van der Waals surface area (Å²) in [5.74, 6) is 1.35. The van der Waals surface area contributed by atoms with Gasteiger partial charge in [-0.25, -0.2) is 0 Å². The van der Waals surface area contributed by atoms with E-state index in [-0.39, 0.29) is 6.04 Å². The molecular weight excluding hydrogens is 162 g/mol. The normalized spacial score (nSPS) is 21.2. The Morgan fingerprint density at radius 1 is 1.23 bits per heavy atom. The summed E-state index contributed by atoms with van der Waals surface area (Å²) in [6, 6.07) is 0.279. The molecule has 78 valence electrons. The Hall–Kier alpha value is -0.0800. The minimum atomic E-state index is 0.279. The van der Waals surface area contributed by atoms with Crippen molar-refractivity contribution in [1.82, 2.24) is 0 Å². The summed E-state index contributed by atoms with van der Waals surface area (Å²) in [5.41, 5.74) is 6.04. The average molecular weight is 185 g/mol. The second-order valence-corrected chi connectivity index (χ2v) is 4.64. The molecule has 0 spiro atoms. The third-order valence-electron chi connectivity index (χ3n) is 2.77. The molecule has 0 aliphatic heterocycles. The van der Waals surface area contributed by atoms with Gasteiger partial charge < -0.3 is 10.5 Å². The molecule has 2 nitrogen and oxygen atoms in total. The zero-order valence-corrected chi connectivity index (χ0v) is 8.96. The number of nitrogens with two attached hydrogens (primary N) is 1. The molecule has 1 aliphatic carbocycles. The van der Waals surface area contributed by atoms with Gasteiger partial charge in [-0.1, -0.05) is 26.7 Å². The zero-order valence-electron chi connectivity index (χ0n) is 8.96. The minimum absolute atomic E-state index is 0.279. The Labute approximate surface area is 81.8 Å². The summed E-state index contributed by atoms with van der Waals surface area (Å²) < 4.78 is 5.54. The highest BCUT2D eigenvalue weighted by Gasteiger charge is 2.21. The molecule has 0 bridgehead atoms. The number of hydrogen-bond donors (Lipinski definition) is 1. The molecule has 1 saturated carbocycles. The van der Waals surface area contributed by atoms with E-state index in [4.69, 9.17) is 10.5 Å². The molecule has 2 heteroatoms. The highest BCUT2D eigenvalue weighted by Crippen LogP contribution is 2.26. The van der Waals surface area contributed by atoms with Crippen molar-refractivity contribution in [3.05, 3.63) is 0 Å². The molecule has 0 heterocycles. The van der Waals surface area contributed by atoms with Crippen LogP contribution < -0.4 is 5.73 Å². The molecule has 13 heavy (non-hydrogen) atoms. The van der Waals surface area contributed by atoms with E-state index < -0.39 is 0 Å². The maximum absolute atomic E-state index is 6.04. The van der Waals surface area contributed by atoms with Crippen LogP contribution in [0.4, 0.5) is 0 Å². The first-order valence-corrected chi connectivity index (χ1v) is 5.53. The van der Waals surface area contributed by atoms with Crippen LogP contribution in [0.2, 0.25) is 0 Å². The van der Waals surface area contributed by atoms with Crippen LogP contribution in [0.25, 0.3) is 0 Å². The van der Waals surface area contributed by atoms with E-state index in [0.717, 1.165) is 19.1 Å². The van der Waals surface area contributed by atoms with Gasteiger partial charge in [0.25, 0.3) is 0 Å². The molecule has 1 aliphatic rings. The van der Waals surface area contributed by atoms with Gasteiger partial charge in [0.05, 0.1) is 6.61 Å². The van der Waals surface area contributed by atoms with Crippen molar-refractivity contribution >= 4 is 0 Å². The first-order chi connectivity index (χ1) is 6.20. The van der Waals surface area contributed by atoms with Crippen LogP contribution >= 0.6 is 0 Å². The first-order valence-electron chi connectivity index (χ1n) is 5.53. The van der Waals surface area contributed by atoms with Gasteiger partial charge in [0.15, 0.2) is 0 Å². The van der Waals surface area contributed by atoms with Gasteiger partial charge in [-0.05, 0) is 24.7 Å². The van der Waals surface area contributed by atoms with Gasteiger partial charge in [-0.15, -0.1) is 0 Å². The van der Waals surface area contributed by atoms with Crippen LogP contribution in [0.15, 0.2) is 0 Å². The lowest BCUT2D eigenvalue weighted by Crippen LogP contribution is -2.33. The summed E-state index contributed by atoms with van der Waals surface area (Å²) in [5, 5.41) is 0. The lowest BCUT2D eigenvalue weighted by Gasteiger charge is -2.19. The summed E-state index contributed by atoms with van der Waals surface area (Å²) >= 11 is 0. The summed E-state index contributed by atoms with van der Waals surface area (Å²) in [4.78, 5) is 0. The highest BCUT2D eigenvalue weighted by molar-refractivity contribution is 4.77. The van der Waals surface area contributed by atoms with Crippen molar-refractivity contribution in [2.45, 2.75) is 45.6 Å². The number of rotatable bonds is 5. The fraction of sp³-hybridized carbons (Fsp3) is 1.00. The molecule has 1 atom stereocenters. The van der Waals surface area contributed by atoms with Gasteiger partial charge in [0, 0.05) is 12.6 Å². The predicted octanol–water partition coefficient (Wildman–Crippen LogP) is 2.18. The van der Waals surface area contributed by atoms with Crippen LogP contribution in [-0.4, -0.2) is 19.3 Å². The quantitative estimate of drug-likeness (QED) is 0.712. The maximum atomic E-state index is 6.04. The Morgan fingerprint density at radius 2 is 1.85 bits per heavy atom. The molecule has 0 amide bonds. The second-order valence-electron chi connectivity index (χ2n) is 4.64. The molecule has 1 unspecified atom stereocenters. The van der Waals surface area contributed by atoms with Crippen LogP contribution in [0.5, 0.6) is 0 Å². The Balaban J connectivity index is 2.06. The summed E-state index contributed by atoms with van der Waals surface area (Å²) in [6.45, 7) is 5.94. The van der Waals surface area contributed by atoms with E-state index in [9.17, 15) is 0 Å². The molecule has 0 aromatic rings. The zero-order chi connectivity index (χ0) is 9.68. The largest absolute Gasteiger partial charge is 0.380 e. The van der Waals surface area contributed by atoms with E-state index in [2.05, 4.69) is 13.8 Å². The van der Waals surface area contributed by atoms with E-state index in [1.54, 1.807) is 0 Å². The number of hydrogen-bond acceptors (Lipinski definition) is 2. The third-order valence-corrected chi connectivity index (χ3v) is 2.77. The van der Waals surface area contributed by atoms with E-state index in [0.29, 0.717) is 5.92 Å². The molecule has 0 aromatic carbocycles. The van der Waals surface area contributed by atoms with Gasteiger partial charge in [0.1, 0.15) is 0 Å². The van der Waals surface area contributed by atoms with E-state index in [1.165, 1.54) is 25.7 Å². The van der Waals surface area contributed by atoms with Crippen LogP contribution in [-0.2, 0) is 4.74 Å². The fourth-order valence-corrected chi connectivity index (χ4v) is 1.96. The molecule has 1 fully saturated rings. The second kappa shape index (κ2) is 5.61. The molecular formula is C11H23NO. The molecule has 0 radical (unpaired) electrons. The van der Waals surface area contributed by atoms with Crippen molar-refractivity contribution in [3.8, 4) is 0 Å². The summed E-state index contributed by atoms with van der Waals surface area (Å²) in [7, 11) is 0. The highest BCUT2D eigenvalue weighted by atomic mass is 16.5. The van der Waals surface area contributed by atoms with E-state index >= 15 is 0 Å². The van der Waals surface area contributed by atoms with Gasteiger partial charge in [-0.3, -0.25) is 0 Å². The van der Waals surface area contributed by atoms with Crippen molar-refractivity contribution in [3.63, 3.8) is 0 Å². The topological polar surface area (TPSA) is 35.2 Å². The van der Waals surface area contributed by atoms with E-state index in [1.807, 2.05) is 0 Å². The predicted molar refractivity (Wildman–Crippen MR) is 55.6 cm³/mol. The Morgan fingerprint density at radius 3 is 2.38 bits per heavy atom. The lowest BCUT2D eigenvalue weighted by atomic mass is 10.00.